The first-order chi connectivity index (χ1) is 15.0. The number of nitrogens with zero attached hydrogens (tertiary/aromatic N) is 2. The van der Waals surface area contributed by atoms with Gasteiger partial charge in [0.2, 0.25) is 11.8 Å². The standard InChI is InChI=1S/C24H20ClN3O2S/c1-24(18-8-4-2-5-9-18,19-10-6-3-7-11-19)26-21(29)16-31-23-28-27-22(30-23)17-12-14-20(25)15-13-17/h2-15H,16H2,1H3,(H,26,29). The molecule has 1 N–H and O–H groups in total. The fourth-order valence-corrected chi connectivity index (χ4v) is 3.96. The number of thioether (sulfide) groups is 1. The number of aromatic nitrogens is 2. The van der Waals surface area contributed by atoms with Crippen LogP contribution in [0, 0.1) is 0 Å². The van der Waals surface area contributed by atoms with Crippen LogP contribution in [0.25, 0.3) is 11.5 Å². The van der Waals surface area contributed by atoms with Crippen molar-refractivity contribution in [3.8, 4) is 11.5 Å². The fraction of sp³-hybridized carbons (Fsp3) is 0.125. The Kier molecular flexibility index (Phi) is 6.39. The molecular formula is C24H20ClN3O2S. The second-order valence-electron chi connectivity index (χ2n) is 7.07. The first kappa shape index (κ1) is 21.2. The van der Waals surface area contributed by atoms with Crippen LogP contribution in [0.1, 0.15) is 18.1 Å². The maximum atomic E-state index is 12.9. The first-order valence-corrected chi connectivity index (χ1v) is 11.1. The molecule has 7 heteroatoms. The van der Waals surface area contributed by atoms with Gasteiger partial charge in [-0.25, -0.2) is 0 Å². The van der Waals surface area contributed by atoms with Crippen molar-refractivity contribution in [3.63, 3.8) is 0 Å². The van der Waals surface area contributed by atoms with E-state index in [1.165, 1.54) is 11.8 Å². The SMILES string of the molecule is CC(NC(=O)CSc1nnc(-c2ccc(Cl)cc2)o1)(c1ccccc1)c1ccccc1. The molecule has 0 aliphatic rings. The molecule has 1 heterocycles. The van der Waals surface area contributed by atoms with E-state index in [1.54, 1.807) is 12.1 Å². The van der Waals surface area contributed by atoms with Gasteiger partial charge in [0.05, 0.1) is 11.3 Å². The van der Waals surface area contributed by atoms with Gasteiger partial charge >= 0.3 is 0 Å². The van der Waals surface area contributed by atoms with Crippen LogP contribution >= 0.6 is 23.4 Å². The van der Waals surface area contributed by atoms with E-state index in [0.717, 1.165) is 16.7 Å². The van der Waals surface area contributed by atoms with E-state index in [4.69, 9.17) is 16.0 Å². The molecule has 0 saturated carbocycles. The third-order valence-electron chi connectivity index (χ3n) is 4.92. The minimum Gasteiger partial charge on any atom is -0.411 e. The van der Waals surface area contributed by atoms with Gasteiger partial charge in [0.15, 0.2) is 0 Å². The molecule has 0 aliphatic heterocycles. The van der Waals surface area contributed by atoms with E-state index in [0.29, 0.717) is 16.1 Å². The Labute approximate surface area is 189 Å². The van der Waals surface area contributed by atoms with Gasteiger partial charge in [-0.2, -0.15) is 0 Å². The maximum absolute atomic E-state index is 12.9. The lowest BCUT2D eigenvalue weighted by Gasteiger charge is -2.32. The predicted molar refractivity (Wildman–Crippen MR) is 123 cm³/mol. The van der Waals surface area contributed by atoms with Gasteiger partial charge in [-0.3, -0.25) is 4.79 Å². The van der Waals surface area contributed by atoms with Gasteiger partial charge in [0.1, 0.15) is 0 Å². The number of carbonyl (C=O) groups is 1. The summed E-state index contributed by atoms with van der Waals surface area (Å²) in [6.07, 6.45) is 0. The highest BCUT2D eigenvalue weighted by molar-refractivity contribution is 7.99. The van der Waals surface area contributed by atoms with Crippen molar-refractivity contribution in [1.82, 2.24) is 15.5 Å². The minimum atomic E-state index is -0.663. The van der Waals surface area contributed by atoms with Gasteiger partial charge in [0.25, 0.3) is 5.22 Å². The number of carbonyl (C=O) groups excluding carboxylic acids is 1. The highest BCUT2D eigenvalue weighted by Crippen LogP contribution is 2.30. The molecule has 1 amide bonds. The summed E-state index contributed by atoms with van der Waals surface area (Å²) in [5.74, 6) is 0.404. The number of rotatable bonds is 7. The Morgan fingerprint density at radius 2 is 1.52 bits per heavy atom. The molecule has 0 spiro atoms. The Bertz CT molecular complexity index is 1110. The zero-order chi connectivity index (χ0) is 21.7. The van der Waals surface area contributed by atoms with Crippen LogP contribution in [0.4, 0.5) is 0 Å². The summed E-state index contributed by atoms with van der Waals surface area (Å²) in [7, 11) is 0. The predicted octanol–water partition coefficient (Wildman–Crippen LogP) is 5.56. The highest BCUT2D eigenvalue weighted by Gasteiger charge is 2.30. The Balaban J connectivity index is 1.46. The first-order valence-electron chi connectivity index (χ1n) is 9.69. The molecule has 4 aromatic rings. The van der Waals surface area contributed by atoms with Crippen LogP contribution in [0.15, 0.2) is 94.6 Å². The molecule has 3 aromatic carbocycles. The van der Waals surface area contributed by atoms with Crippen LogP contribution in [0.2, 0.25) is 5.02 Å². The van der Waals surface area contributed by atoms with Crippen molar-refractivity contribution in [3.05, 3.63) is 101 Å². The summed E-state index contributed by atoms with van der Waals surface area (Å²) in [6.45, 7) is 2.01. The Hall–Kier alpha value is -3.09. The van der Waals surface area contributed by atoms with E-state index in [9.17, 15) is 4.79 Å². The smallest absolute Gasteiger partial charge is 0.277 e. The lowest BCUT2D eigenvalue weighted by Crippen LogP contribution is -2.45. The molecule has 0 aliphatic carbocycles. The molecule has 31 heavy (non-hydrogen) atoms. The Morgan fingerprint density at radius 1 is 0.935 bits per heavy atom. The highest BCUT2D eigenvalue weighted by atomic mass is 35.5. The van der Waals surface area contributed by atoms with Gasteiger partial charge < -0.3 is 9.73 Å². The second-order valence-corrected chi connectivity index (χ2v) is 8.44. The lowest BCUT2D eigenvalue weighted by atomic mass is 9.84. The number of hydrogen-bond donors (Lipinski definition) is 1. The number of benzene rings is 3. The van der Waals surface area contributed by atoms with Gasteiger partial charge in [0, 0.05) is 10.6 Å². The van der Waals surface area contributed by atoms with E-state index < -0.39 is 5.54 Å². The van der Waals surface area contributed by atoms with Gasteiger partial charge in [-0.05, 0) is 42.3 Å². The summed E-state index contributed by atoms with van der Waals surface area (Å²) in [5, 5.41) is 12.2. The topological polar surface area (TPSA) is 68.0 Å². The molecule has 0 radical (unpaired) electrons. The zero-order valence-electron chi connectivity index (χ0n) is 16.8. The van der Waals surface area contributed by atoms with Gasteiger partial charge in [-0.15, -0.1) is 10.2 Å². The molecule has 0 fully saturated rings. The normalized spacial score (nSPS) is 11.3. The van der Waals surface area contributed by atoms with E-state index in [-0.39, 0.29) is 11.7 Å². The quantitative estimate of drug-likeness (QED) is 0.374. The summed E-state index contributed by atoms with van der Waals surface area (Å²) in [6, 6.07) is 27.0. The zero-order valence-corrected chi connectivity index (χ0v) is 18.4. The number of hydrogen-bond acceptors (Lipinski definition) is 5. The van der Waals surface area contributed by atoms with E-state index in [1.807, 2.05) is 79.7 Å². The molecule has 156 valence electrons. The molecule has 4 rings (SSSR count). The summed E-state index contributed by atoms with van der Waals surface area (Å²) in [4.78, 5) is 12.9. The monoisotopic (exact) mass is 449 g/mol. The minimum absolute atomic E-state index is 0.133. The molecular weight excluding hydrogens is 430 g/mol. The summed E-state index contributed by atoms with van der Waals surface area (Å²) < 4.78 is 5.68. The van der Waals surface area contributed by atoms with Crippen LogP contribution in [-0.2, 0) is 10.3 Å². The number of nitrogens with one attached hydrogen (secondary N) is 1. The van der Waals surface area contributed by atoms with Crippen LogP contribution < -0.4 is 5.32 Å². The third-order valence-corrected chi connectivity index (χ3v) is 5.99. The number of halogens is 1. The average molecular weight is 450 g/mol. The second kappa shape index (κ2) is 9.37. The Morgan fingerprint density at radius 3 is 2.10 bits per heavy atom. The average Bonchev–Trinajstić information content (AvgIpc) is 3.28. The van der Waals surface area contributed by atoms with E-state index >= 15 is 0 Å². The molecule has 0 saturated heterocycles. The van der Waals surface area contributed by atoms with Crippen molar-refractivity contribution < 1.29 is 9.21 Å². The van der Waals surface area contributed by atoms with Crippen molar-refractivity contribution in [1.29, 1.82) is 0 Å². The van der Waals surface area contributed by atoms with Crippen molar-refractivity contribution in [2.45, 2.75) is 17.7 Å². The lowest BCUT2D eigenvalue weighted by molar-refractivity contribution is -0.120. The summed E-state index contributed by atoms with van der Waals surface area (Å²) in [5.41, 5.74) is 2.11. The fourth-order valence-electron chi connectivity index (χ4n) is 3.27. The third kappa shape index (κ3) is 4.98. The molecule has 0 bridgehead atoms. The molecule has 0 unspecified atom stereocenters. The van der Waals surface area contributed by atoms with E-state index in [2.05, 4.69) is 15.5 Å². The maximum Gasteiger partial charge on any atom is 0.277 e. The van der Waals surface area contributed by atoms with Gasteiger partial charge in [-0.1, -0.05) is 84.0 Å². The largest absolute Gasteiger partial charge is 0.411 e. The molecule has 1 aromatic heterocycles. The van der Waals surface area contributed by atoms with Crippen LogP contribution in [0.5, 0.6) is 0 Å². The molecule has 5 nitrogen and oxygen atoms in total. The van der Waals surface area contributed by atoms with Crippen molar-refractivity contribution in [2.24, 2.45) is 0 Å². The van der Waals surface area contributed by atoms with Crippen molar-refractivity contribution >= 4 is 29.3 Å². The number of amides is 1. The summed E-state index contributed by atoms with van der Waals surface area (Å²) >= 11 is 7.11. The molecule has 0 atom stereocenters. The van der Waals surface area contributed by atoms with Crippen molar-refractivity contribution in [2.75, 3.05) is 5.75 Å². The van der Waals surface area contributed by atoms with Crippen LogP contribution in [0.3, 0.4) is 0 Å². The van der Waals surface area contributed by atoms with Crippen LogP contribution in [-0.4, -0.2) is 21.9 Å².